The van der Waals surface area contributed by atoms with Crippen LogP contribution in [0.25, 0.3) is 16.9 Å². The van der Waals surface area contributed by atoms with Gasteiger partial charge in [0.05, 0.1) is 13.6 Å². The molecule has 8 rings (SSSR count). The lowest BCUT2D eigenvalue weighted by Crippen LogP contribution is -2.46. The van der Waals surface area contributed by atoms with E-state index in [4.69, 9.17) is 11.3 Å². The summed E-state index contributed by atoms with van der Waals surface area (Å²) >= 11 is 0. The second kappa shape index (κ2) is 11.1. The quantitative estimate of drug-likeness (QED) is 0.280. The molecule has 1 saturated carbocycles. The Kier molecular flexibility index (Phi) is 6.78. The molecule has 1 unspecified atom stereocenters. The smallest absolute Gasteiger partial charge is 0.278 e. The van der Waals surface area contributed by atoms with Crippen LogP contribution in [-0.2, 0) is 13.0 Å². The Hall–Kier alpha value is -4.02. The molecule has 2 saturated heterocycles. The lowest BCUT2D eigenvalue weighted by Gasteiger charge is -2.47. The molecule has 1 aromatic carbocycles. The van der Waals surface area contributed by atoms with E-state index in [1.807, 2.05) is 12.1 Å². The lowest BCUT2D eigenvalue weighted by atomic mass is 9.71. The Balaban J connectivity index is 1.08. The average molecular weight is 622 g/mol. The second-order valence-electron chi connectivity index (χ2n) is 14.1. The zero-order valence-electron chi connectivity index (χ0n) is 27.9. The van der Waals surface area contributed by atoms with Gasteiger partial charge in [0.1, 0.15) is 11.5 Å². The van der Waals surface area contributed by atoms with Gasteiger partial charge in [0.15, 0.2) is 11.5 Å². The number of nitrogens with zero attached hydrogens (tertiary/aromatic N) is 7. The first-order valence-electron chi connectivity index (χ1n) is 17.3. The number of aliphatic hydroxyl groups is 1. The van der Waals surface area contributed by atoms with Gasteiger partial charge in [0.25, 0.3) is 5.56 Å². The van der Waals surface area contributed by atoms with E-state index in [0.29, 0.717) is 33.9 Å². The number of hydrogen-bond donors (Lipinski definition) is 2. The van der Waals surface area contributed by atoms with E-state index >= 15 is 0 Å². The van der Waals surface area contributed by atoms with Gasteiger partial charge in [-0.1, -0.05) is 12.1 Å². The van der Waals surface area contributed by atoms with Crippen LogP contribution in [0.3, 0.4) is 0 Å². The van der Waals surface area contributed by atoms with Gasteiger partial charge < -0.3 is 20.2 Å². The van der Waals surface area contributed by atoms with Crippen LogP contribution in [0.15, 0.2) is 54.0 Å². The van der Waals surface area contributed by atoms with E-state index in [2.05, 4.69) is 58.9 Å². The van der Waals surface area contributed by atoms with Gasteiger partial charge >= 0.3 is 0 Å². The standard InChI is InChI=1S/C36H44N8O2/c1-4-17-43-33(46)27-23-37-34(40-32(27)44(43)29-8-5-25-9-10-36(11-12-36)31(45)30(25)39-29)38-26-6-7-28(24(2)22-26)42-20-15-35(16-21-42)13-18-41(3)19-14-35/h4-8,22-23,31,45H,1,9-21H2,2-3H3,(H,37,38,40)/i31D. The fourth-order valence-electron chi connectivity index (χ4n) is 8.02. The molecule has 10 nitrogen and oxygen atoms in total. The van der Waals surface area contributed by atoms with E-state index in [1.165, 1.54) is 54.7 Å². The van der Waals surface area contributed by atoms with Crippen LogP contribution in [-0.4, -0.2) is 67.5 Å². The highest BCUT2D eigenvalue weighted by Gasteiger charge is 2.52. The number of likely N-dealkylation sites (tertiary alicyclic amines) is 1. The third kappa shape index (κ3) is 4.93. The Morgan fingerprint density at radius 3 is 2.54 bits per heavy atom. The van der Waals surface area contributed by atoms with Crippen molar-refractivity contribution in [1.82, 2.24) is 29.2 Å². The minimum absolute atomic E-state index is 0.237. The maximum absolute atomic E-state index is 13.5. The summed E-state index contributed by atoms with van der Waals surface area (Å²) in [5, 5.41) is 15.1. The first-order chi connectivity index (χ1) is 22.6. The van der Waals surface area contributed by atoms with E-state index in [1.54, 1.807) is 17.0 Å². The van der Waals surface area contributed by atoms with Gasteiger partial charge in [0, 0.05) is 36.1 Å². The summed E-state index contributed by atoms with van der Waals surface area (Å²) in [4.78, 5) is 32.7. The molecule has 10 heteroatoms. The molecule has 4 aromatic rings. The van der Waals surface area contributed by atoms with E-state index in [9.17, 15) is 9.90 Å². The predicted octanol–water partition coefficient (Wildman–Crippen LogP) is 5.29. The molecule has 4 aliphatic rings. The monoisotopic (exact) mass is 621 g/mol. The summed E-state index contributed by atoms with van der Waals surface area (Å²) < 4.78 is 12.1. The SMILES string of the molecule is [2H]C1(O)c2nc(-n3c4nc(Nc5ccc(N6CCC7(CCN(C)CC7)CC6)c(C)c5)ncc4c(=O)n3CC=C)ccc2CCC12CC2. The van der Waals surface area contributed by atoms with Crippen molar-refractivity contribution >= 4 is 28.4 Å². The first kappa shape index (κ1) is 28.2. The third-order valence-corrected chi connectivity index (χ3v) is 11.3. The van der Waals surface area contributed by atoms with E-state index in [0.717, 1.165) is 50.0 Å². The number of anilines is 3. The van der Waals surface area contributed by atoms with Gasteiger partial charge in [-0.3, -0.25) is 4.79 Å². The van der Waals surface area contributed by atoms with Gasteiger partial charge in [-0.05, 0) is 119 Å². The fourth-order valence-corrected chi connectivity index (χ4v) is 8.02. The molecule has 0 amide bonds. The highest BCUT2D eigenvalue weighted by atomic mass is 16.3. The van der Waals surface area contributed by atoms with Crippen molar-refractivity contribution in [2.75, 3.05) is 43.4 Å². The first-order valence-corrected chi connectivity index (χ1v) is 16.8. The summed E-state index contributed by atoms with van der Waals surface area (Å²) in [5.41, 5.74) is 4.80. The van der Waals surface area contributed by atoms with Crippen LogP contribution >= 0.6 is 0 Å². The Labute approximate surface area is 271 Å². The molecular weight excluding hydrogens is 576 g/mol. The molecule has 1 atom stereocenters. The van der Waals surface area contributed by atoms with Crippen molar-refractivity contribution in [3.8, 4) is 5.82 Å². The molecule has 5 heterocycles. The topological polar surface area (TPSA) is 104 Å². The van der Waals surface area contributed by atoms with Gasteiger partial charge in [0.2, 0.25) is 5.95 Å². The van der Waals surface area contributed by atoms with Crippen LogP contribution in [0.1, 0.15) is 69.2 Å². The number of piperidine rings is 2. The second-order valence-corrected chi connectivity index (χ2v) is 14.1. The zero-order valence-corrected chi connectivity index (χ0v) is 26.9. The summed E-state index contributed by atoms with van der Waals surface area (Å²) in [6, 6.07) is 10.1. The molecule has 2 spiro atoms. The molecule has 2 aliphatic heterocycles. The summed E-state index contributed by atoms with van der Waals surface area (Å²) in [6.07, 6.45) is 9.78. The van der Waals surface area contributed by atoms with Crippen molar-refractivity contribution < 1.29 is 6.48 Å². The molecule has 0 bridgehead atoms. The number of hydrogen-bond acceptors (Lipinski definition) is 8. The number of aromatic nitrogens is 5. The Morgan fingerprint density at radius 2 is 1.83 bits per heavy atom. The number of nitrogens with one attached hydrogen (secondary N) is 1. The van der Waals surface area contributed by atoms with Crippen LogP contribution in [0.4, 0.5) is 17.3 Å². The predicted molar refractivity (Wildman–Crippen MR) is 181 cm³/mol. The van der Waals surface area contributed by atoms with Crippen molar-refractivity contribution in [2.45, 2.75) is 70.9 Å². The molecular formula is C36H44N8O2. The van der Waals surface area contributed by atoms with Crippen LogP contribution in [0.2, 0.25) is 0 Å². The van der Waals surface area contributed by atoms with Crippen molar-refractivity contribution in [1.29, 1.82) is 0 Å². The number of aryl methyl sites for hydroxylation is 2. The normalized spacial score (nSPS) is 23.8. The maximum atomic E-state index is 13.5. The Bertz CT molecular complexity index is 1930. The van der Waals surface area contributed by atoms with E-state index in [-0.39, 0.29) is 12.1 Å². The number of allylic oxidation sites excluding steroid dienone is 1. The molecule has 46 heavy (non-hydrogen) atoms. The molecule has 0 radical (unpaired) electrons. The molecule has 240 valence electrons. The molecule has 2 N–H and O–H groups in total. The van der Waals surface area contributed by atoms with E-state index < -0.39 is 11.5 Å². The third-order valence-electron chi connectivity index (χ3n) is 11.3. The lowest BCUT2D eigenvalue weighted by molar-refractivity contribution is 0.0734. The minimum atomic E-state index is -1.77. The number of rotatable bonds is 6. The fraction of sp³-hybridized carbons (Fsp3) is 0.500. The van der Waals surface area contributed by atoms with Crippen LogP contribution in [0, 0.1) is 17.8 Å². The molecule has 2 aliphatic carbocycles. The number of benzene rings is 1. The summed E-state index contributed by atoms with van der Waals surface area (Å²) in [7, 11) is 2.23. The van der Waals surface area contributed by atoms with Gasteiger partial charge in [-0.15, -0.1) is 6.58 Å². The largest absolute Gasteiger partial charge is 0.386 e. The minimum Gasteiger partial charge on any atom is -0.386 e. The summed E-state index contributed by atoms with van der Waals surface area (Å²) in [6.45, 7) is 10.8. The maximum Gasteiger partial charge on any atom is 0.278 e. The van der Waals surface area contributed by atoms with Crippen molar-refractivity contribution in [3.05, 3.63) is 76.4 Å². The molecule has 3 fully saturated rings. The van der Waals surface area contributed by atoms with Crippen molar-refractivity contribution in [2.24, 2.45) is 10.8 Å². The highest BCUT2D eigenvalue weighted by molar-refractivity contribution is 5.77. The van der Waals surface area contributed by atoms with Gasteiger partial charge in [-0.2, -0.15) is 4.98 Å². The van der Waals surface area contributed by atoms with Gasteiger partial charge in [-0.25, -0.2) is 19.3 Å². The Morgan fingerprint density at radius 1 is 1.07 bits per heavy atom. The zero-order chi connectivity index (χ0) is 32.6. The highest BCUT2D eigenvalue weighted by Crippen LogP contribution is 2.60. The summed E-state index contributed by atoms with van der Waals surface area (Å²) in [5.74, 6) is 0.790. The number of pyridine rings is 1. The van der Waals surface area contributed by atoms with Crippen molar-refractivity contribution in [3.63, 3.8) is 0 Å². The average Bonchev–Trinajstić information content (AvgIpc) is 3.82. The van der Waals surface area contributed by atoms with Crippen LogP contribution < -0.4 is 15.8 Å². The molecule has 3 aromatic heterocycles. The number of fused-ring (bicyclic) bond motifs is 2. The van der Waals surface area contributed by atoms with Crippen LogP contribution in [0.5, 0.6) is 0 Å².